The highest BCUT2D eigenvalue weighted by molar-refractivity contribution is 7.89. The summed E-state index contributed by atoms with van der Waals surface area (Å²) in [5, 5.41) is 9.82. The van der Waals surface area contributed by atoms with Crippen molar-refractivity contribution in [3.8, 4) is 0 Å². The number of hydrogen-bond acceptors (Lipinski definition) is 6. The van der Waals surface area contributed by atoms with Crippen molar-refractivity contribution in [3.05, 3.63) is 78.1 Å². The second kappa shape index (κ2) is 9.69. The van der Waals surface area contributed by atoms with Crippen LogP contribution in [0.2, 0.25) is 0 Å². The van der Waals surface area contributed by atoms with Gasteiger partial charge < -0.3 is 20.2 Å². The van der Waals surface area contributed by atoms with Crippen molar-refractivity contribution >= 4 is 38.3 Å². The molecule has 2 aromatic carbocycles. The first kappa shape index (κ1) is 23.9. The number of nitrogen functional groups attached to an aromatic ring is 1. The molecule has 1 aliphatic rings. The number of sulfonamides is 1. The molecule has 2 aromatic heterocycles. The zero-order valence-corrected chi connectivity index (χ0v) is 20.3. The number of nitrogens with one attached hydrogen (secondary N) is 3. The fraction of sp³-hybridized carbons (Fsp3) is 0.240. The Morgan fingerprint density at radius 3 is 2.78 bits per heavy atom. The molecule has 0 bridgehead atoms. The third kappa shape index (κ3) is 4.68. The minimum Gasteiger partial charge on any atom is -0.385 e. The maximum atomic E-state index is 13.7. The minimum absolute atomic E-state index is 0.113. The third-order valence-corrected chi connectivity index (χ3v) is 8.15. The van der Waals surface area contributed by atoms with E-state index < -0.39 is 16.1 Å². The van der Waals surface area contributed by atoms with Gasteiger partial charge in [0.1, 0.15) is 11.9 Å². The Morgan fingerprint density at radius 1 is 1.14 bits per heavy atom. The summed E-state index contributed by atoms with van der Waals surface area (Å²) in [4.78, 5) is 18.5. The van der Waals surface area contributed by atoms with E-state index in [1.54, 1.807) is 64.3 Å². The van der Waals surface area contributed by atoms with Crippen LogP contribution >= 0.6 is 0 Å². The molecular formula is C25H28N6O4S. The van der Waals surface area contributed by atoms with Gasteiger partial charge in [-0.2, -0.15) is 4.72 Å². The van der Waals surface area contributed by atoms with Crippen molar-refractivity contribution < 1.29 is 18.4 Å². The lowest BCUT2D eigenvalue weighted by Crippen LogP contribution is -2.50. The molecule has 1 atom stereocenters. The second-order valence-corrected chi connectivity index (χ2v) is 10.6. The third-order valence-electron chi connectivity index (χ3n) is 6.62. The van der Waals surface area contributed by atoms with Gasteiger partial charge in [0.2, 0.25) is 15.9 Å². The Hall–Kier alpha value is -3.80. The first-order valence-corrected chi connectivity index (χ1v) is 13.1. The van der Waals surface area contributed by atoms with Gasteiger partial charge in [-0.05, 0) is 66.4 Å². The lowest BCUT2D eigenvalue weighted by Gasteiger charge is -2.32. The molecule has 3 heterocycles. The maximum absolute atomic E-state index is 13.7. The van der Waals surface area contributed by atoms with Crippen LogP contribution < -0.4 is 15.9 Å². The van der Waals surface area contributed by atoms with Crippen LogP contribution in [0.15, 0.2) is 71.9 Å². The molecule has 6 N–H and O–H groups in total. The number of H-pyrrole nitrogens is 1. The van der Waals surface area contributed by atoms with E-state index in [2.05, 4.69) is 15.2 Å². The lowest BCUT2D eigenvalue weighted by atomic mass is 9.98. The van der Waals surface area contributed by atoms with Crippen LogP contribution in [0.25, 0.3) is 10.9 Å². The summed E-state index contributed by atoms with van der Waals surface area (Å²) in [7, 11) is -4.01. The average Bonchev–Trinajstić information content (AvgIpc) is 3.53. The van der Waals surface area contributed by atoms with Gasteiger partial charge in [0.15, 0.2) is 0 Å². The van der Waals surface area contributed by atoms with E-state index in [0.29, 0.717) is 48.5 Å². The lowest BCUT2D eigenvalue weighted by molar-refractivity contribution is -0.134. The monoisotopic (exact) mass is 508 g/mol. The summed E-state index contributed by atoms with van der Waals surface area (Å²) in [5.41, 5.74) is 11.4. The maximum Gasteiger partial charge on any atom is 0.241 e. The quantitative estimate of drug-likeness (QED) is 0.231. The molecule has 1 unspecified atom stereocenters. The number of rotatable bonds is 8. The van der Waals surface area contributed by atoms with Crippen molar-refractivity contribution in [2.24, 2.45) is 0 Å². The molecule has 0 saturated heterocycles. The number of nitrogens with zero attached hydrogens (tertiary/aromatic N) is 2. The Bertz CT molecular complexity index is 1510. The number of amides is 1. The molecule has 0 spiro atoms. The number of fused-ring (bicyclic) bond motifs is 2. The topological polar surface area (TPSA) is 145 Å². The second-order valence-electron chi connectivity index (χ2n) is 8.89. The number of aryl methyl sites for hydroxylation is 1. The molecule has 11 heteroatoms. The molecule has 0 fully saturated rings. The highest BCUT2D eigenvalue weighted by atomic mass is 32.2. The highest BCUT2D eigenvalue weighted by Gasteiger charge is 2.32. The number of aromatic amines is 1. The normalized spacial score (nSPS) is 14.5. The molecule has 10 nitrogen and oxygen atoms in total. The van der Waals surface area contributed by atoms with E-state index in [4.69, 9.17) is 5.73 Å². The van der Waals surface area contributed by atoms with Gasteiger partial charge in [0.05, 0.1) is 10.6 Å². The molecule has 188 valence electrons. The molecular weight excluding hydrogens is 480 g/mol. The van der Waals surface area contributed by atoms with E-state index in [0.717, 1.165) is 11.1 Å². The minimum atomic E-state index is -4.01. The summed E-state index contributed by atoms with van der Waals surface area (Å²) in [6.07, 6.45) is 4.34. The van der Waals surface area contributed by atoms with Gasteiger partial charge >= 0.3 is 0 Å². The number of carbonyl (C=O) groups is 1. The first-order chi connectivity index (χ1) is 17.4. The van der Waals surface area contributed by atoms with Gasteiger partial charge in [-0.15, -0.1) is 0 Å². The van der Waals surface area contributed by atoms with E-state index in [1.807, 2.05) is 6.07 Å². The Kier molecular flexibility index (Phi) is 6.44. The molecule has 4 aromatic rings. The SMILES string of the molecule is Nc1cccn1CCC(NS(=O)(=O)c1cccc2[nH]ccc12)C(=O)N1CCc2ccc(NO)cc2C1. The van der Waals surface area contributed by atoms with Crippen LogP contribution in [0.5, 0.6) is 0 Å². The van der Waals surface area contributed by atoms with Crippen LogP contribution in [0, 0.1) is 0 Å². The standard InChI is InChI=1S/C25H28N6O4S/c26-24-5-2-12-30(24)14-10-22(29-36(34,35)23-4-1-3-21-20(23)8-11-27-21)25(32)31-13-9-17-6-7-19(28-33)15-18(17)16-31/h1-8,11-12,15,22,27-29,33H,9-10,13-14,16,26H2. The van der Waals surface area contributed by atoms with E-state index in [1.165, 1.54) is 6.07 Å². The van der Waals surface area contributed by atoms with Gasteiger partial charge in [0, 0.05) is 42.9 Å². The highest BCUT2D eigenvalue weighted by Crippen LogP contribution is 2.25. The largest absolute Gasteiger partial charge is 0.385 e. The Balaban J connectivity index is 1.42. The number of benzene rings is 2. The summed E-state index contributed by atoms with van der Waals surface area (Å²) >= 11 is 0. The van der Waals surface area contributed by atoms with Gasteiger partial charge in [-0.1, -0.05) is 12.1 Å². The number of nitrogens with two attached hydrogens (primary N) is 1. The van der Waals surface area contributed by atoms with Crippen molar-refractivity contribution in [1.29, 1.82) is 0 Å². The van der Waals surface area contributed by atoms with Crippen molar-refractivity contribution in [2.45, 2.75) is 36.9 Å². The molecule has 5 rings (SSSR count). The summed E-state index contributed by atoms with van der Waals surface area (Å²) in [6.45, 7) is 1.16. The smallest absolute Gasteiger partial charge is 0.241 e. The molecule has 0 radical (unpaired) electrons. The molecule has 36 heavy (non-hydrogen) atoms. The van der Waals surface area contributed by atoms with Crippen LogP contribution in [-0.2, 0) is 34.3 Å². The van der Waals surface area contributed by atoms with Crippen LogP contribution in [0.1, 0.15) is 17.5 Å². The van der Waals surface area contributed by atoms with Crippen molar-refractivity contribution in [3.63, 3.8) is 0 Å². The van der Waals surface area contributed by atoms with E-state index in [-0.39, 0.29) is 17.2 Å². The number of carbonyl (C=O) groups excluding carboxylic acids is 1. The Morgan fingerprint density at radius 2 is 2.00 bits per heavy atom. The summed E-state index contributed by atoms with van der Waals surface area (Å²) < 4.78 is 31.4. The van der Waals surface area contributed by atoms with E-state index >= 15 is 0 Å². The molecule has 1 aliphatic heterocycles. The number of aromatic nitrogens is 2. The summed E-state index contributed by atoms with van der Waals surface area (Å²) in [5.74, 6) is 0.232. The van der Waals surface area contributed by atoms with Crippen LogP contribution in [-0.4, -0.2) is 46.6 Å². The fourth-order valence-electron chi connectivity index (χ4n) is 4.71. The van der Waals surface area contributed by atoms with Crippen LogP contribution in [0.3, 0.4) is 0 Å². The molecule has 0 saturated carbocycles. The Labute approximate surface area is 208 Å². The van der Waals surface area contributed by atoms with Gasteiger partial charge in [-0.3, -0.25) is 15.5 Å². The zero-order valence-electron chi connectivity index (χ0n) is 19.5. The van der Waals surface area contributed by atoms with E-state index in [9.17, 15) is 18.4 Å². The predicted octanol–water partition coefficient (Wildman–Crippen LogP) is 2.67. The number of anilines is 2. The molecule has 1 amide bonds. The van der Waals surface area contributed by atoms with Crippen molar-refractivity contribution in [1.82, 2.24) is 19.2 Å². The first-order valence-electron chi connectivity index (χ1n) is 11.7. The fourth-order valence-corrected chi connectivity index (χ4v) is 6.15. The summed E-state index contributed by atoms with van der Waals surface area (Å²) in [6, 6.07) is 14.7. The van der Waals surface area contributed by atoms with Crippen molar-refractivity contribution in [2.75, 3.05) is 17.8 Å². The van der Waals surface area contributed by atoms with Crippen LogP contribution in [0.4, 0.5) is 11.5 Å². The average molecular weight is 509 g/mol. The predicted molar refractivity (Wildman–Crippen MR) is 137 cm³/mol. The molecule has 0 aliphatic carbocycles. The van der Waals surface area contributed by atoms with Gasteiger partial charge in [-0.25, -0.2) is 8.42 Å². The zero-order chi connectivity index (χ0) is 25.3. The number of hydrogen-bond donors (Lipinski definition) is 5. The van der Waals surface area contributed by atoms with Gasteiger partial charge in [0.25, 0.3) is 0 Å².